The van der Waals surface area contributed by atoms with E-state index >= 15 is 0 Å². The number of rotatable bonds is 5. The first kappa shape index (κ1) is 18.3. The maximum absolute atomic E-state index is 12.1. The van der Waals surface area contributed by atoms with Crippen molar-refractivity contribution in [1.29, 1.82) is 0 Å². The molecule has 0 radical (unpaired) electrons. The smallest absolute Gasteiger partial charge is 0.410 e. The Morgan fingerprint density at radius 1 is 1.29 bits per heavy atom. The maximum atomic E-state index is 12.1. The number of nitrogens with one attached hydrogen (secondary N) is 1. The first-order chi connectivity index (χ1) is 9.73. The van der Waals surface area contributed by atoms with Gasteiger partial charge in [0, 0.05) is 25.2 Å². The van der Waals surface area contributed by atoms with Crippen LogP contribution in [0.4, 0.5) is 4.79 Å². The monoisotopic (exact) mass is 298 g/mol. The molecule has 1 unspecified atom stereocenters. The molecule has 0 saturated heterocycles. The second-order valence-electron chi connectivity index (χ2n) is 7.45. The highest BCUT2D eigenvalue weighted by Gasteiger charge is 2.29. The van der Waals surface area contributed by atoms with Crippen molar-refractivity contribution in [3.05, 3.63) is 0 Å². The van der Waals surface area contributed by atoms with Gasteiger partial charge in [0.1, 0.15) is 5.60 Å². The minimum atomic E-state index is -0.417. The number of nitrogens with zero attached hydrogens (tertiary/aromatic N) is 1. The van der Waals surface area contributed by atoms with Crippen LogP contribution in [0.1, 0.15) is 73.1 Å². The molecular formula is C17H34N2O2. The molecule has 0 spiro atoms. The van der Waals surface area contributed by atoms with Gasteiger partial charge in [-0.2, -0.15) is 0 Å². The third kappa shape index (κ3) is 6.68. The summed E-state index contributed by atoms with van der Waals surface area (Å²) in [5.41, 5.74) is -0.417. The second-order valence-corrected chi connectivity index (χ2v) is 7.45. The molecule has 0 heterocycles. The summed E-state index contributed by atoms with van der Waals surface area (Å²) < 4.78 is 5.45. The summed E-state index contributed by atoms with van der Waals surface area (Å²) in [6.07, 6.45) is 6.68. The van der Waals surface area contributed by atoms with Crippen molar-refractivity contribution in [1.82, 2.24) is 10.2 Å². The molecule has 1 saturated carbocycles. The summed E-state index contributed by atoms with van der Waals surface area (Å²) in [7, 11) is 1.87. The first-order valence-electron chi connectivity index (χ1n) is 8.44. The van der Waals surface area contributed by atoms with Gasteiger partial charge >= 0.3 is 6.09 Å². The van der Waals surface area contributed by atoms with Crippen LogP contribution >= 0.6 is 0 Å². The van der Waals surface area contributed by atoms with E-state index in [-0.39, 0.29) is 6.09 Å². The number of carbonyl (C=O) groups is 1. The third-order valence-electron chi connectivity index (χ3n) is 4.17. The molecule has 1 atom stereocenters. The largest absolute Gasteiger partial charge is 0.444 e. The van der Waals surface area contributed by atoms with Gasteiger partial charge in [0.2, 0.25) is 0 Å². The van der Waals surface area contributed by atoms with E-state index in [0.717, 1.165) is 25.7 Å². The van der Waals surface area contributed by atoms with Gasteiger partial charge in [0.05, 0.1) is 0 Å². The minimum absolute atomic E-state index is 0.196. The van der Waals surface area contributed by atoms with E-state index in [9.17, 15) is 4.79 Å². The van der Waals surface area contributed by atoms with Crippen LogP contribution in [0.25, 0.3) is 0 Å². The summed E-state index contributed by atoms with van der Waals surface area (Å²) >= 11 is 0. The molecule has 1 aliphatic rings. The lowest BCUT2D eigenvalue weighted by Gasteiger charge is -2.36. The highest BCUT2D eigenvalue weighted by atomic mass is 16.6. The Morgan fingerprint density at radius 2 is 1.86 bits per heavy atom. The fourth-order valence-electron chi connectivity index (χ4n) is 3.03. The summed E-state index contributed by atoms with van der Waals surface area (Å²) in [5, 5.41) is 3.71. The van der Waals surface area contributed by atoms with Crippen LogP contribution in [-0.2, 0) is 4.74 Å². The average molecular weight is 298 g/mol. The second kappa shape index (κ2) is 8.02. The topological polar surface area (TPSA) is 41.6 Å². The van der Waals surface area contributed by atoms with Gasteiger partial charge in [-0.05, 0) is 59.8 Å². The molecule has 0 aromatic carbocycles. The molecule has 4 nitrogen and oxygen atoms in total. The zero-order chi connectivity index (χ0) is 16.0. The number of ether oxygens (including phenoxy) is 1. The summed E-state index contributed by atoms with van der Waals surface area (Å²) in [5.74, 6) is 0. The molecule has 21 heavy (non-hydrogen) atoms. The maximum Gasteiger partial charge on any atom is 0.410 e. The zero-order valence-electron chi connectivity index (χ0n) is 14.7. The Balaban J connectivity index is 2.36. The summed E-state index contributed by atoms with van der Waals surface area (Å²) in [6.45, 7) is 10.2. The first-order valence-corrected chi connectivity index (χ1v) is 8.44. The van der Waals surface area contributed by atoms with E-state index in [1.807, 2.05) is 27.8 Å². The van der Waals surface area contributed by atoms with E-state index in [1.54, 1.807) is 4.90 Å². The Labute approximate surface area is 130 Å². The standard InChI is InChI=1S/C17H34N2O2/c1-7-8-13(2)18-14-9-11-15(12-10-14)19(6)16(20)21-17(3,4)5/h13-15,18H,7-12H2,1-6H3. The number of hydrogen-bond donors (Lipinski definition) is 1. The molecule has 1 N–H and O–H groups in total. The van der Waals surface area contributed by atoms with Crippen molar-refractivity contribution < 1.29 is 9.53 Å². The molecule has 1 fully saturated rings. The number of hydrogen-bond acceptors (Lipinski definition) is 3. The van der Waals surface area contributed by atoms with Gasteiger partial charge in [-0.25, -0.2) is 4.79 Å². The van der Waals surface area contributed by atoms with Gasteiger partial charge in [-0.1, -0.05) is 13.3 Å². The predicted octanol–water partition coefficient (Wildman–Crippen LogP) is 3.94. The van der Waals surface area contributed by atoms with E-state index in [2.05, 4.69) is 19.2 Å². The van der Waals surface area contributed by atoms with E-state index in [4.69, 9.17) is 4.74 Å². The Kier molecular flexibility index (Phi) is 6.98. The van der Waals surface area contributed by atoms with Crippen LogP contribution in [0.5, 0.6) is 0 Å². The van der Waals surface area contributed by atoms with E-state index in [0.29, 0.717) is 18.1 Å². The van der Waals surface area contributed by atoms with Gasteiger partial charge in [0.15, 0.2) is 0 Å². The SMILES string of the molecule is CCCC(C)NC1CCC(N(C)C(=O)OC(C)(C)C)CC1. The normalized spacial score (nSPS) is 24.5. The quantitative estimate of drug-likeness (QED) is 0.836. The molecule has 4 heteroatoms. The van der Waals surface area contributed by atoms with Crippen molar-refractivity contribution in [3.63, 3.8) is 0 Å². The van der Waals surface area contributed by atoms with Gasteiger partial charge in [0.25, 0.3) is 0 Å². The molecule has 1 amide bonds. The lowest BCUT2D eigenvalue weighted by molar-refractivity contribution is 0.0178. The van der Waals surface area contributed by atoms with Crippen LogP contribution in [0.15, 0.2) is 0 Å². The van der Waals surface area contributed by atoms with Gasteiger partial charge in [-0.15, -0.1) is 0 Å². The van der Waals surface area contributed by atoms with Crippen molar-refractivity contribution in [2.45, 2.75) is 96.9 Å². The van der Waals surface area contributed by atoms with Crippen molar-refractivity contribution in [2.75, 3.05) is 7.05 Å². The molecule has 0 aromatic rings. The van der Waals surface area contributed by atoms with E-state index < -0.39 is 5.60 Å². The van der Waals surface area contributed by atoms with E-state index in [1.165, 1.54) is 12.8 Å². The lowest BCUT2D eigenvalue weighted by Crippen LogP contribution is -2.46. The molecule has 0 aromatic heterocycles. The summed E-state index contributed by atoms with van der Waals surface area (Å²) in [4.78, 5) is 13.9. The highest BCUT2D eigenvalue weighted by Crippen LogP contribution is 2.24. The van der Waals surface area contributed by atoms with Crippen molar-refractivity contribution in [2.24, 2.45) is 0 Å². The summed E-state index contributed by atoms with van der Waals surface area (Å²) in [6, 6.07) is 1.52. The Bertz CT molecular complexity index is 317. The third-order valence-corrected chi connectivity index (χ3v) is 4.17. The average Bonchev–Trinajstić information content (AvgIpc) is 2.37. The Morgan fingerprint density at radius 3 is 2.33 bits per heavy atom. The molecule has 1 rings (SSSR count). The lowest BCUT2D eigenvalue weighted by atomic mass is 9.90. The number of carbonyl (C=O) groups excluding carboxylic acids is 1. The predicted molar refractivity (Wildman–Crippen MR) is 87.5 cm³/mol. The molecule has 0 aliphatic heterocycles. The minimum Gasteiger partial charge on any atom is -0.444 e. The van der Waals surface area contributed by atoms with Crippen LogP contribution in [0.2, 0.25) is 0 Å². The molecular weight excluding hydrogens is 264 g/mol. The number of amides is 1. The highest BCUT2D eigenvalue weighted by molar-refractivity contribution is 5.68. The Hall–Kier alpha value is -0.770. The zero-order valence-corrected chi connectivity index (χ0v) is 14.7. The van der Waals surface area contributed by atoms with Gasteiger partial charge < -0.3 is 15.0 Å². The molecule has 124 valence electrons. The van der Waals surface area contributed by atoms with Crippen molar-refractivity contribution in [3.8, 4) is 0 Å². The van der Waals surface area contributed by atoms with Crippen LogP contribution in [-0.4, -0.2) is 41.8 Å². The van der Waals surface area contributed by atoms with Crippen LogP contribution < -0.4 is 5.32 Å². The van der Waals surface area contributed by atoms with Crippen LogP contribution in [0, 0.1) is 0 Å². The molecule has 0 bridgehead atoms. The fourth-order valence-corrected chi connectivity index (χ4v) is 3.03. The van der Waals surface area contributed by atoms with Crippen LogP contribution in [0.3, 0.4) is 0 Å². The van der Waals surface area contributed by atoms with Crippen molar-refractivity contribution >= 4 is 6.09 Å². The fraction of sp³-hybridized carbons (Fsp3) is 0.941. The van der Waals surface area contributed by atoms with Gasteiger partial charge in [-0.3, -0.25) is 0 Å². The molecule has 1 aliphatic carbocycles.